The van der Waals surface area contributed by atoms with Crippen molar-refractivity contribution in [2.24, 2.45) is 0 Å². The molecule has 0 saturated heterocycles. The lowest BCUT2D eigenvalue weighted by Crippen LogP contribution is -2.10. The van der Waals surface area contributed by atoms with Crippen LogP contribution in [0.2, 0.25) is 0 Å². The Hall–Kier alpha value is -2.87. The number of hydrogen-bond donors (Lipinski definition) is 2. The summed E-state index contributed by atoms with van der Waals surface area (Å²) >= 11 is 0. The van der Waals surface area contributed by atoms with E-state index in [1.54, 1.807) is 36.5 Å². The molecule has 0 unspecified atom stereocenters. The molecule has 21 heavy (non-hydrogen) atoms. The molecule has 0 saturated carbocycles. The van der Waals surface area contributed by atoms with Crippen LogP contribution in [-0.2, 0) is 4.79 Å². The Balaban J connectivity index is 2.02. The number of pyridine rings is 1. The summed E-state index contributed by atoms with van der Waals surface area (Å²) in [4.78, 5) is 15.7. The summed E-state index contributed by atoms with van der Waals surface area (Å²) in [5.41, 5.74) is 2.05. The van der Waals surface area contributed by atoms with Gasteiger partial charge in [0.15, 0.2) is 0 Å². The molecular formula is C16H16N4O. The molecule has 0 bridgehead atoms. The minimum Gasteiger partial charge on any atom is -0.340 e. The summed E-state index contributed by atoms with van der Waals surface area (Å²) in [7, 11) is 0. The first-order chi connectivity index (χ1) is 10.2. The summed E-state index contributed by atoms with van der Waals surface area (Å²) in [5.74, 6) is 0.639. The van der Waals surface area contributed by atoms with Gasteiger partial charge in [0.05, 0.1) is 23.5 Å². The zero-order valence-corrected chi connectivity index (χ0v) is 11.8. The number of nitrogens with one attached hydrogen (secondary N) is 2. The van der Waals surface area contributed by atoms with Crippen LogP contribution in [0.25, 0.3) is 0 Å². The molecule has 0 aliphatic heterocycles. The average Bonchev–Trinajstić information content (AvgIpc) is 2.50. The summed E-state index contributed by atoms with van der Waals surface area (Å²) in [6, 6.07) is 12.8. The molecular weight excluding hydrogens is 264 g/mol. The van der Waals surface area contributed by atoms with Crippen LogP contribution in [0.5, 0.6) is 0 Å². The van der Waals surface area contributed by atoms with Gasteiger partial charge in [-0.1, -0.05) is 13.0 Å². The van der Waals surface area contributed by atoms with Crippen LogP contribution < -0.4 is 10.6 Å². The number of nitriles is 1. The van der Waals surface area contributed by atoms with Crippen molar-refractivity contribution in [1.29, 1.82) is 5.26 Å². The highest BCUT2D eigenvalue weighted by Gasteiger charge is 2.02. The van der Waals surface area contributed by atoms with Crippen molar-refractivity contribution in [3.8, 4) is 6.07 Å². The van der Waals surface area contributed by atoms with Crippen molar-refractivity contribution in [1.82, 2.24) is 4.98 Å². The van der Waals surface area contributed by atoms with E-state index in [0.29, 0.717) is 23.5 Å². The summed E-state index contributed by atoms with van der Waals surface area (Å²) < 4.78 is 0. The first-order valence-electron chi connectivity index (χ1n) is 6.74. The highest BCUT2D eigenvalue weighted by molar-refractivity contribution is 5.90. The quantitative estimate of drug-likeness (QED) is 0.879. The lowest BCUT2D eigenvalue weighted by molar-refractivity contribution is -0.116. The van der Waals surface area contributed by atoms with Crippen LogP contribution in [0.15, 0.2) is 42.6 Å². The predicted octanol–water partition coefficient (Wildman–Crippen LogP) is 3.44. The molecule has 1 heterocycles. The highest BCUT2D eigenvalue weighted by Crippen LogP contribution is 2.17. The Morgan fingerprint density at radius 2 is 2.14 bits per heavy atom. The van der Waals surface area contributed by atoms with Gasteiger partial charge in [-0.3, -0.25) is 4.79 Å². The number of carbonyl (C=O) groups is 1. The first-order valence-corrected chi connectivity index (χ1v) is 6.74. The second-order valence-corrected chi connectivity index (χ2v) is 4.55. The molecule has 0 fully saturated rings. The molecule has 1 aromatic heterocycles. The van der Waals surface area contributed by atoms with Gasteiger partial charge in [-0.2, -0.15) is 5.26 Å². The molecule has 2 N–H and O–H groups in total. The van der Waals surface area contributed by atoms with Crippen molar-refractivity contribution in [2.75, 3.05) is 10.6 Å². The van der Waals surface area contributed by atoms with Gasteiger partial charge in [0.2, 0.25) is 5.91 Å². The van der Waals surface area contributed by atoms with Crippen LogP contribution in [0.1, 0.15) is 25.3 Å². The summed E-state index contributed by atoms with van der Waals surface area (Å²) in [6.07, 6.45) is 2.92. The number of aromatic nitrogens is 1. The standard InChI is InChI=1S/C16H16N4O/c1-2-4-16(21)20-14-7-8-15(18-11-14)19-13-6-3-5-12(9-13)10-17/h3,5-9,11H,2,4H2,1H3,(H,18,19)(H,20,21). The molecule has 0 aliphatic carbocycles. The van der Waals surface area contributed by atoms with E-state index < -0.39 is 0 Å². The van der Waals surface area contributed by atoms with E-state index in [9.17, 15) is 4.79 Å². The summed E-state index contributed by atoms with van der Waals surface area (Å²) in [5, 5.41) is 14.7. The van der Waals surface area contributed by atoms with E-state index in [1.165, 1.54) is 0 Å². The van der Waals surface area contributed by atoms with E-state index in [0.717, 1.165) is 12.1 Å². The Kier molecular flexibility index (Phi) is 4.89. The van der Waals surface area contributed by atoms with Crippen LogP contribution in [0.4, 0.5) is 17.2 Å². The fourth-order valence-electron chi connectivity index (χ4n) is 1.81. The molecule has 5 nitrogen and oxygen atoms in total. The third-order valence-corrected chi connectivity index (χ3v) is 2.79. The van der Waals surface area contributed by atoms with E-state index >= 15 is 0 Å². The van der Waals surface area contributed by atoms with E-state index in [1.807, 2.05) is 13.0 Å². The molecule has 1 aromatic carbocycles. The zero-order valence-electron chi connectivity index (χ0n) is 11.8. The van der Waals surface area contributed by atoms with Gasteiger partial charge < -0.3 is 10.6 Å². The van der Waals surface area contributed by atoms with Gasteiger partial charge in [-0.15, -0.1) is 0 Å². The topological polar surface area (TPSA) is 77.8 Å². The fourth-order valence-corrected chi connectivity index (χ4v) is 1.81. The Bertz CT molecular complexity index is 659. The molecule has 5 heteroatoms. The molecule has 0 spiro atoms. The number of rotatable bonds is 5. The second kappa shape index (κ2) is 7.06. The number of amides is 1. The average molecular weight is 280 g/mol. The molecule has 1 amide bonds. The third kappa shape index (κ3) is 4.32. The van der Waals surface area contributed by atoms with Gasteiger partial charge in [0, 0.05) is 12.1 Å². The van der Waals surface area contributed by atoms with E-state index in [-0.39, 0.29) is 5.91 Å². The lowest BCUT2D eigenvalue weighted by atomic mass is 10.2. The normalized spacial score (nSPS) is 9.71. The van der Waals surface area contributed by atoms with Gasteiger partial charge in [0.25, 0.3) is 0 Å². The predicted molar refractivity (Wildman–Crippen MR) is 82.2 cm³/mol. The minimum absolute atomic E-state index is 0.0123. The fraction of sp³-hybridized carbons (Fsp3) is 0.188. The first kappa shape index (κ1) is 14.5. The Morgan fingerprint density at radius 3 is 2.81 bits per heavy atom. The van der Waals surface area contributed by atoms with Crippen molar-refractivity contribution in [3.05, 3.63) is 48.2 Å². The number of nitrogens with zero attached hydrogens (tertiary/aromatic N) is 2. The largest absolute Gasteiger partial charge is 0.340 e. The van der Waals surface area contributed by atoms with Crippen LogP contribution in [-0.4, -0.2) is 10.9 Å². The smallest absolute Gasteiger partial charge is 0.224 e. The molecule has 0 radical (unpaired) electrons. The minimum atomic E-state index is -0.0123. The maximum atomic E-state index is 11.5. The lowest BCUT2D eigenvalue weighted by Gasteiger charge is -2.07. The van der Waals surface area contributed by atoms with Gasteiger partial charge in [-0.05, 0) is 36.8 Å². The van der Waals surface area contributed by atoms with Gasteiger partial charge in [0.1, 0.15) is 5.82 Å². The molecule has 0 aliphatic rings. The van der Waals surface area contributed by atoms with Crippen molar-refractivity contribution >= 4 is 23.1 Å². The Morgan fingerprint density at radius 1 is 1.29 bits per heavy atom. The second-order valence-electron chi connectivity index (χ2n) is 4.55. The number of hydrogen-bond acceptors (Lipinski definition) is 4. The van der Waals surface area contributed by atoms with Crippen LogP contribution >= 0.6 is 0 Å². The summed E-state index contributed by atoms with van der Waals surface area (Å²) in [6.45, 7) is 1.96. The molecule has 2 aromatic rings. The SMILES string of the molecule is CCCC(=O)Nc1ccc(Nc2cccc(C#N)c2)nc1. The van der Waals surface area contributed by atoms with Crippen LogP contribution in [0, 0.1) is 11.3 Å². The molecule has 0 atom stereocenters. The zero-order chi connectivity index (χ0) is 15.1. The maximum absolute atomic E-state index is 11.5. The van der Waals surface area contributed by atoms with Gasteiger partial charge >= 0.3 is 0 Å². The molecule has 106 valence electrons. The maximum Gasteiger partial charge on any atom is 0.224 e. The van der Waals surface area contributed by atoms with Crippen molar-refractivity contribution in [2.45, 2.75) is 19.8 Å². The highest BCUT2D eigenvalue weighted by atomic mass is 16.1. The van der Waals surface area contributed by atoms with E-state index in [2.05, 4.69) is 21.7 Å². The molecule has 2 rings (SSSR count). The van der Waals surface area contributed by atoms with E-state index in [4.69, 9.17) is 5.26 Å². The third-order valence-electron chi connectivity index (χ3n) is 2.79. The van der Waals surface area contributed by atoms with Crippen molar-refractivity contribution in [3.63, 3.8) is 0 Å². The van der Waals surface area contributed by atoms with Gasteiger partial charge in [-0.25, -0.2) is 4.98 Å². The van der Waals surface area contributed by atoms with Crippen LogP contribution in [0.3, 0.4) is 0 Å². The Labute approximate surface area is 123 Å². The monoisotopic (exact) mass is 280 g/mol. The number of carbonyl (C=O) groups excluding carboxylic acids is 1. The van der Waals surface area contributed by atoms with Crippen molar-refractivity contribution < 1.29 is 4.79 Å². The number of anilines is 3. The number of benzene rings is 1.